The molecule has 2 atom stereocenters. The topological polar surface area (TPSA) is 105 Å². The van der Waals surface area contributed by atoms with Gasteiger partial charge in [0, 0.05) is 18.7 Å². The van der Waals surface area contributed by atoms with Crippen LogP contribution in [0.2, 0.25) is 0 Å². The molecule has 1 saturated heterocycles. The van der Waals surface area contributed by atoms with Gasteiger partial charge in [-0.25, -0.2) is 9.59 Å². The van der Waals surface area contributed by atoms with E-state index in [1.54, 1.807) is 18.2 Å². The zero-order valence-electron chi connectivity index (χ0n) is 14.4. The van der Waals surface area contributed by atoms with E-state index < -0.39 is 36.0 Å². The molecule has 0 aliphatic carbocycles. The van der Waals surface area contributed by atoms with E-state index in [4.69, 9.17) is 4.74 Å². The Bertz CT molecular complexity index is 703. The smallest absolute Gasteiger partial charge is 0.329 e. The number of imide groups is 1. The summed E-state index contributed by atoms with van der Waals surface area (Å²) in [5, 5.41) is 5.03. The Morgan fingerprint density at radius 2 is 2.00 bits per heavy atom. The largest absolute Gasteiger partial charge is 0.451 e. The van der Waals surface area contributed by atoms with Gasteiger partial charge in [-0.05, 0) is 32.9 Å². The quantitative estimate of drug-likeness (QED) is 0.759. The van der Waals surface area contributed by atoms with Crippen LogP contribution in [0.15, 0.2) is 24.3 Å². The molecule has 2 rings (SSSR count). The highest BCUT2D eigenvalue weighted by molar-refractivity contribution is 5.99. The number of nitrogens with one attached hydrogen (secondary N) is 2. The van der Waals surface area contributed by atoms with Crippen LogP contribution < -0.4 is 10.6 Å². The standard InChI is InChI=1S/C17H21N3O5/c1-10-5-4-6-13(9-10)14(21)19-11(2)16(23)25-12(3)15(22)20-8-7-18-17(20)24/h4-6,9,11-12H,7-8H2,1-3H3,(H,18,24)(H,19,21)/t11-,12-/m0/s1. The molecule has 1 heterocycles. The molecule has 0 spiro atoms. The van der Waals surface area contributed by atoms with Gasteiger partial charge in [-0.2, -0.15) is 0 Å². The molecule has 1 aliphatic heterocycles. The first kappa shape index (κ1) is 18.4. The van der Waals surface area contributed by atoms with Gasteiger partial charge in [0.2, 0.25) is 0 Å². The first-order valence-corrected chi connectivity index (χ1v) is 7.97. The molecule has 4 amide bonds. The number of amides is 4. The summed E-state index contributed by atoms with van der Waals surface area (Å²) in [5.41, 5.74) is 1.35. The molecule has 134 valence electrons. The van der Waals surface area contributed by atoms with E-state index in [-0.39, 0.29) is 6.54 Å². The van der Waals surface area contributed by atoms with Crippen molar-refractivity contribution in [3.05, 3.63) is 35.4 Å². The van der Waals surface area contributed by atoms with Crippen LogP contribution in [-0.4, -0.2) is 54.0 Å². The van der Waals surface area contributed by atoms with Crippen LogP contribution in [0, 0.1) is 6.92 Å². The number of hydrogen-bond acceptors (Lipinski definition) is 5. The maximum Gasteiger partial charge on any atom is 0.329 e. The molecule has 0 aromatic heterocycles. The molecule has 2 N–H and O–H groups in total. The molecular weight excluding hydrogens is 326 g/mol. The highest BCUT2D eigenvalue weighted by Gasteiger charge is 2.32. The van der Waals surface area contributed by atoms with Crippen LogP contribution in [0.3, 0.4) is 0 Å². The molecule has 25 heavy (non-hydrogen) atoms. The summed E-state index contributed by atoms with van der Waals surface area (Å²) in [7, 11) is 0. The Labute approximate surface area is 145 Å². The van der Waals surface area contributed by atoms with Crippen molar-refractivity contribution < 1.29 is 23.9 Å². The minimum Gasteiger partial charge on any atom is -0.451 e. The van der Waals surface area contributed by atoms with Crippen molar-refractivity contribution in [3.8, 4) is 0 Å². The third kappa shape index (κ3) is 4.56. The first-order valence-electron chi connectivity index (χ1n) is 7.97. The van der Waals surface area contributed by atoms with Crippen LogP contribution in [0.25, 0.3) is 0 Å². The first-order chi connectivity index (χ1) is 11.8. The van der Waals surface area contributed by atoms with E-state index >= 15 is 0 Å². The number of rotatable bonds is 5. The number of carbonyl (C=O) groups is 4. The molecule has 1 aliphatic rings. The van der Waals surface area contributed by atoms with Gasteiger partial charge in [0.1, 0.15) is 6.04 Å². The lowest BCUT2D eigenvalue weighted by molar-refractivity contribution is -0.158. The lowest BCUT2D eigenvalue weighted by atomic mass is 10.1. The van der Waals surface area contributed by atoms with Crippen LogP contribution in [0.5, 0.6) is 0 Å². The lowest BCUT2D eigenvalue weighted by Crippen LogP contribution is -2.45. The molecule has 0 unspecified atom stereocenters. The fraction of sp³-hybridized carbons (Fsp3) is 0.412. The van der Waals surface area contributed by atoms with Gasteiger partial charge in [0.05, 0.1) is 0 Å². The molecule has 0 saturated carbocycles. The summed E-state index contributed by atoms with van der Waals surface area (Å²) in [4.78, 5) is 48.8. The van der Waals surface area contributed by atoms with Gasteiger partial charge in [0.15, 0.2) is 6.10 Å². The number of esters is 1. The van der Waals surface area contributed by atoms with Gasteiger partial charge < -0.3 is 15.4 Å². The number of hydrogen-bond donors (Lipinski definition) is 2. The zero-order chi connectivity index (χ0) is 18.6. The number of benzene rings is 1. The van der Waals surface area contributed by atoms with Crippen molar-refractivity contribution in [1.29, 1.82) is 0 Å². The molecular formula is C17H21N3O5. The second-order valence-corrected chi connectivity index (χ2v) is 5.87. The van der Waals surface area contributed by atoms with Crippen LogP contribution in [0.4, 0.5) is 4.79 Å². The highest BCUT2D eigenvalue weighted by atomic mass is 16.5. The summed E-state index contributed by atoms with van der Waals surface area (Å²) in [6.45, 7) is 5.32. The van der Waals surface area contributed by atoms with E-state index in [2.05, 4.69) is 10.6 Å². The maximum atomic E-state index is 12.1. The van der Waals surface area contributed by atoms with Crippen molar-refractivity contribution >= 4 is 23.8 Å². The molecule has 0 bridgehead atoms. The minimum absolute atomic E-state index is 0.235. The zero-order valence-corrected chi connectivity index (χ0v) is 14.4. The third-order valence-electron chi connectivity index (χ3n) is 3.74. The third-order valence-corrected chi connectivity index (χ3v) is 3.74. The van der Waals surface area contributed by atoms with Gasteiger partial charge in [-0.1, -0.05) is 17.7 Å². The van der Waals surface area contributed by atoms with Gasteiger partial charge in [0.25, 0.3) is 11.8 Å². The van der Waals surface area contributed by atoms with Crippen molar-refractivity contribution in [2.75, 3.05) is 13.1 Å². The average Bonchev–Trinajstić information content (AvgIpc) is 2.99. The molecule has 1 fully saturated rings. The fourth-order valence-corrected chi connectivity index (χ4v) is 2.35. The maximum absolute atomic E-state index is 12.1. The van der Waals surface area contributed by atoms with Gasteiger partial charge >= 0.3 is 12.0 Å². The highest BCUT2D eigenvalue weighted by Crippen LogP contribution is 2.07. The van der Waals surface area contributed by atoms with Crippen molar-refractivity contribution in [3.63, 3.8) is 0 Å². The summed E-state index contributed by atoms with van der Waals surface area (Å²) in [6.07, 6.45) is -1.12. The van der Waals surface area contributed by atoms with Crippen molar-refractivity contribution in [2.45, 2.75) is 32.9 Å². The van der Waals surface area contributed by atoms with Crippen molar-refractivity contribution in [1.82, 2.24) is 15.5 Å². The lowest BCUT2D eigenvalue weighted by Gasteiger charge is -2.20. The number of ether oxygens (including phenoxy) is 1. The van der Waals surface area contributed by atoms with E-state index in [0.717, 1.165) is 10.5 Å². The van der Waals surface area contributed by atoms with E-state index in [9.17, 15) is 19.2 Å². The SMILES string of the molecule is Cc1cccc(C(=O)N[C@@H](C)C(=O)O[C@@H](C)C(=O)N2CCNC2=O)c1. The van der Waals surface area contributed by atoms with Crippen LogP contribution >= 0.6 is 0 Å². The fourth-order valence-electron chi connectivity index (χ4n) is 2.35. The summed E-state index contributed by atoms with van der Waals surface area (Å²) >= 11 is 0. The van der Waals surface area contributed by atoms with Crippen LogP contribution in [-0.2, 0) is 14.3 Å². The Hall–Kier alpha value is -2.90. The minimum atomic E-state index is -1.12. The Kier molecular flexibility index (Phi) is 5.74. The Morgan fingerprint density at radius 3 is 2.60 bits per heavy atom. The molecule has 8 heteroatoms. The second-order valence-electron chi connectivity index (χ2n) is 5.87. The molecule has 8 nitrogen and oxygen atoms in total. The number of urea groups is 1. The van der Waals surface area contributed by atoms with Crippen LogP contribution in [0.1, 0.15) is 29.8 Å². The van der Waals surface area contributed by atoms with Gasteiger partial charge in [-0.3, -0.25) is 14.5 Å². The molecule has 0 radical (unpaired) electrons. The van der Waals surface area contributed by atoms with E-state index in [1.165, 1.54) is 13.8 Å². The van der Waals surface area contributed by atoms with Gasteiger partial charge in [-0.15, -0.1) is 0 Å². The number of aryl methyl sites for hydroxylation is 1. The average molecular weight is 347 g/mol. The number of carbonyl (C=O) groups excluding carboxylic acids is 4. The van der Waals surface area contributed by atoms with Crippen molar-refractivity contribution in [2.24, 2.45) is 0 Å². The molecule has 1 aromatic carbocycles. The Morgan fingerprint density at radius 1 is 1.28 bits per heavy atom. The second kappa shape index (κ2) is 7.78. The predicted molar refractivity (Wildman–Crippen MR) is 88.8 cm³/mol. The summed E-state index contributed by atoms with van der Waals surface area (Å²) in [5.74, 6) is -1.76. The predicted octanol–water partition coefficient (Wildman–Crippen LogP) is 0.597. The number of nitrogens with zero attached hydrogens (tertiary/aromatic N) is 1. The Balaban J connectivity index is 1.90. The normalized spacial score (nSPS) is 16.0. The monoisotopic (exact) mass is 347 g/mol. The van der Waals surface area contributed by atoms with E-state index in [0.29, 0.717) is 12.1 Å². The molecule has 1 aromatic rings. The van der Waals surface area contributed by atoms with E-state index in [1.807, 2.05) is 13.0 Å². The summed E-state index contributed by atoms with van der Waals surface area (Å²) in [6, 6.07) is 5.50. The summed E-state index contributed by atoms with van der Waals surface area (Å²) < 4.78 is 5.07.